The van der Waals surface area contributed by atoms with Crippen molar-refractivity contribution >= 4 is 33.3 Å². The lowest BCUT2D eigenvalue weighted by Crippen LogP contribution is -2.50. The zero-order valence-corrected chi connectivity index (χ0v) is 74.8. The highest BCUT2D eigenvalue weighted by molar-refractivity contribution is 6.74. The maximum atomic E-state index is 8.09. The molecule has 0 unspecified atom stereocenters. The van der Waals surface area contributed by atoms with Crippen LogP contribution in [-0.2, 0) is 72.5 Å². The predicted molar refractivity (Wildman–Crippen MR) is 516 cm³/mol. The van der Waals surface area contributed by atoms with Crippen LogP contribution >= 0.6 is 0 Å². The third-order valence-electron chi connectivity index (χ3n) is 24.3. The summed E-state index contributed by atoms with van der Waals surface area (Å²) >= 11 is 0. The molecule has 0 radical (unpaired) electrons. The summed E-state index contributed by atoms with van der Waals surface area (Å²) in [5, 5.41) is 0. The van der Waals surface area contributed by atoms with Gasteiger partial charge in [-0.25, -0.2) is 0 Å². The van der Waals surface area contributed by atoms with Crippen molar-refractivity contribution in [3.63, 3.8) is 0 Å². The van der Waals surface area contributed by atoms with Crippen molar-refractivity contribution in [3.8, 4) is 23.0 Å². The minimum absolute atomic E-state index is 0.266. The van der Waals surface area contributed by atoms with Gasteiger partial charge in [0.15, 0.2) is 0 Å². The van der Waals surface area contributed by atoms with Crippen molar-refractivity contribution in [2.75, 3.05) is 0 Å². The summed E-state index contributed by atoms with van der Waals surface area (Å²) in [6.45, 7) is 9.15. The van der Waals surface area contributed by atoms with Crippen molar-refractivity contribution in [2.45, 2.75) is 112 Å². The van der Waals surface area contributed by atoms with Crippen molar-refractivity contribution in [1.29, 1.82) is 0 Å². The van der Waals surface area contributed by atoms with E-state index >= 15 is 0 Å². The molecule has 0 bridgehead atoms. The van der Waals surface area contributed by atoms with E-state index in [2.05, 4.69) is 464 Å². The molecule has 0 heterocycles. The number of benzene rings is 16. The lowest BCUT2D eigenvalue weighted by molar-refractivity contribution is 0.517. The molecule has 0 atom stereocenters. The minimum Gasteiger partial charge on any atom is -0.542 e. The molecule has 16 rings (SSSR count). The molecule has 0 saturated heterocycles. The Kier molecular flexibility index (Phi) is 27.2. The SMILES string of the molecule is Cc1cc(C(c2ccc(O[Si](Cc3ccccc3)(Cc3ccccc3)Cc3ccccc3)c(C)c2)C(c2ccc(O[Si](Cc3ccccc3)(Cc3ccccc3)Cc3ccccc3)c(C)c2)c2ccc(O[Si](Cc3ccccc3)(Cc3ccccc3)Cc3ccccc3)c(C)c2)ccc1O[Si](Cc1ccccc1)(Cc1ccccc1)Cc1ccccc1. The third-order valence-corrected chi connectivity index (χ3v) is 39.5. The molecule has 606 valence electrons. The van der Waals surface area contributed by atoms with Gasteiger partial charge in [-0.15, -0.1) is 0 Å². The molecule has 0 N–H and O–H groups in total. The van der Waals surface area contributed by atoms with Gasteiger partial charge >= 0.3 is 0 Å². The molecule has 0 amide bonds. The average molecular weight is 1660 g/mol. The highest BCUT2D eigenvalue weighted by Gasteiger charge is 2.44. The Morgan fingerprint density at radius 1 is 0.156 bits per heavy atom. The minimum atomic E-state index is -2.85. The molecule has 0 aliphatic heterocycles. The Balaban J connectivity index is 0.889. The van der Waals surface area contributed by atoms with Crippen molar-refractivity contribution in [1.82, 2.24) is 0 Å². The molecule has 16 aromatic rings. The zero-order chi connectivity index (χ0) is 83.2. The number of aryl methyl sites for hydroxylation is 4. The van der Waals surface area contributed by atoms with Crippen LogP contribution in [0.5, 0.6) is 23.0 Å². The largest absolute Gasteiger partial charge is 0.542 e. The lowest BCUT2D eigenvalue weighted by Gasteiger charge is -2.36. The van der Waals surface area contributed by atoms with Gasteiger partial charge in [0.1, 0.15) is 23.0 Å². The summed E-state index contributed by atoms with van der Waals surface area (Å²) < 4.78 is 32.4. The first kappa shape index (κ1) is 83.2. The summed E-state index contributed by atoms with van der Waals surface area (Å²) in [5.41, 5.74) is 24.6. The van der Waals surface area contributed by atoms with Crippen LogP contribution in [0.1, 0.15) is 123 Å². The predicted octanol–water partition coefficient (Wildman–Crippen LogP) is 26.6. The third kappa shape index (κ3) is 22.0. The average Bonchev–Trinajstić information content (AvgIpc) is 0.757. The normalized spacial score (nSPS) is 11.8. The van der Waals surface area contributed by atoms with E-state index in [4.69, 9.17) is 17.7 Å². The van der Waals surface area contributed by atoms with Gasteiger partial charge in [-0.05, 0) is 163 Å². The van der Waals surface area contributed by atoms with Crippen LogP contribution in [-0.4, -0.2) is 33.3 Å². The van der Waals surface area contributed by atoms with E-state index < -0.39 is 33.3 Å². The number of hydrogen-bond donors (Lipinski definition) is 0. The molecule has 0 aliphatic carbocycles. The van der Waals surface area contributed by atoms with E-state index in [1.54, 1.807) is 0 Å². The van der Waals surface area contributed by atoms with Gasteiger partial charge in [0, 0.05) is 84.4 Å². The molecule has 122 heavy (non-hydrogen) atoms. The maximum absolute atomic E-state index is 8.09. The molecular weight excluding hydrogens is 1550 g/mol. The fourth-order valence-corrected chi connectivity index (χ4v) is 35.7. The summed E-state index contributed by atoms with van der Waals surface area (Å²) in [6.07, 6.45) is 0. The van der Waals surface area contributed by atoms with E-state index in [9.17, 15) is 0 Å². The summed E-state index contributed by atoms with van der Waals surface area (Å²) in [6, 6.07) is 172. The second-order valence-electron chi connectivity index (χ2n) is 34.1. The smallest absolute Gasteiger partial charge is 0.264 e. The van der Waals surface area contributed by atoms with Crippen LogP contribution < -0.4 is 17.7 Å². The van der Waals surface area contributed by atoms with Gasteiger partial charge in [0.2, 0.25) is 0 Å². The number of rotatable bonds is 37. The lowest BCUT2D eigenvalue weighted by atomic mass is 9.72. The summed E-state index contributed by atoms with van der Waals surface area (Å²) in [4.78, 5) is 0. The first-order chi connectivity index (χ1) is 59.8. The highest BCUT2D eigenvalue weighted by Crippen LogP contribution is 2.48. The second-order valence-corrected chi connectivity index (χ2v) is 48.7. The van der Waals surface area contributed by atoms with Crippen molar-refractivity contribution < 1.29 is 17.7 Å². The second kappa shape index (κ2) is 39.9. The van der Waals surface area contributed by atoms with Crippen LogP contribution in [0, 0.1) is 27.7 Å². The zero-order valence-electron chi connectivity index (χ0n) is 70.8. The van der Waals surface area contributed by atoms with Crippen LogP contribution in [0.3, 0.4) is 0 Å². The quantitative estimate of drug-likeness (QED) is 0.0364. The fourth-order valence-electron chi connectivity index (χ4n) is 18.8. The van der Waals surface area contributed by atoms with Gasteiger partial charge < -0.3 is 17.7 Å². The molecule has 0 spiro atoms. The van der Waals surface area contributed by atoms with Crippen LogP contribution in [0.15, 0.2) is 437 Å². The molecule has 16 aromatic carbocycles. The van der Waals surface area contributed by atoms with Crippen LogP contribution in [0.4, 0.5) is 0 Å². The Labute approximate surface area is 728 Å². The Hall–Kier alpha value is -12.4. The van der Waals surface area contributed by atoms with E-state index in [1.165, 1.54) is 89.0 Å². The van der Waals surface area contributed by atoms with Gasteiger partial charge in [0.25, 0.3) is 33.3 Å². The number of hydrogen-bond acceptors (Lipinski definition) is 4. The Morgan fingerprint density at radius 3 is 0.377 bits per heavy atom. The highest BCUT2D eigenvalue weighted by atomic mass is 28.4. The Morgan fingerprint density at radius 2 is 0.270 bits per heavy atom. The molecule has 0 aliphatic rings. The monoisotopic (exact) mass is 1650 g/mol. The standard InChI is InChI=1S/C114H110O4Si4/c1-89-73-105(65-69-109(89)115-119(77-93-41-17-5-18-42-93,78-94-43-19-6-20-44-94)79-95-45-21-7-22-46-95)113(106-66-70-110(90(2)74-106)116-120(80-96-47-23-8-24-48-96,81-97-49-25-9-26-50-97)82-98-51-27-10-28-52-98)114(107-67-71-111(91(3)75-107)117-121(83-99-53-29-11-30-54-99,84-100-55-31-12-32-56-100)85-101-57-33-13-34-58-101)108-68-72-112(92(4)76-108)118-122(86-102-59-35-14-36-60-102,87-103-61-37-15-38-62-103)88-104-63-39-16-40-64-104/h5-76,113-114H,77-88H2,1-4H3. The van der Waals surface area contributed by atoms with Crippen LogP contribution in [0.2, 0.25) is 0 Å². The summed E-state index contributed by atoms with van der Waals surface area (Å²) in [5.74, 6) is 3.17. The van der Waals surface area contributed by atoms with Crippen molar-refractivity contribution in [3.05, 3.63) is 548 Å². The van der Waals surface area contributed by atoms with E-state index in [0.717, 1.165) is 118 Å². The van der Waals surface area contributed by atoms with Crippen LogP contribution in [0.25, 0.3) is 0 Å². The fraction of sp³-hybridized carbons (Fsp3) is 0.158. The van der Waals surface area contributed by atoms with Gasteiger partial charge in [-0.1, -0.05) is 413 Å². The van der Waals surface area contributed by atoms with E-state index in [-0.39, 0.29) is 11.8 Å². The Bertz CT molecular complexity index is 4800. The molecule has 0 saturated carbocycles. The van der Waals surface area contributed by atoms with Gasteiger partial charge in [0.05, 0.1) is 0 Å². The topological polar surface area (TPSA) is 36.9 Å². The molecule has 4 nitrogen and oxygen atoms in total. The van der Waals surface area contributed by atoms with E-state index in [0.29, 0.717) is 0 Å². The first-order valence-corrected chi connectivity index (χ1v) is 53.6. The van der Waals surface area contributed by atoms with Gasteiger partial charge in [-0.2, -0.15) is 0 Å². The summed E-state index contributed by atoms with van der Waals surface area (Å²) in [7, 11) is -11.4. The first-order valence-electron chi connectivity index (χ1n) is 43.5. The van der Waals surface area contributed by atoms with E-state index in [1.807, 2.05) is 0 Å². The molecule has 0 fully saturated rings. The van der Waals surface area contributed by atoms with Gasteiger partial charge in [-0.3, -0.25) is 0 Å². The molecular formula is C114H110O4Si4. The molecule has 8 heteroatoms. The maximum Gasteiger partial charge on any atom is 0.264 e. The molecule has 0 aromatic heterocycles. The van der Waals surface area contributed by atoms with Crippen molar-refractivity contribution in [2.24, 2.45) is 0 Å².